The van der Waals surface area contributed by atoms with Crippen LogP contribution in [0, 0.1) is 0 Å². The minimum atomic E-state index is 0.0505. The molecule has 6 nitrogen and oxygen atoms in total. The van der Waals surface area contributed by atoms with E-state index in [0.29, 0.717) is 5.56 Å². The number of rotatable bonds is 3. The third-order valence-corrected chi connectivity index (χ3v) is 3.95. The molecule has 0 bridgehead atoms. The number of benzene rings is 2. The third-order valence-electron chi connectivity index (χ3n) is 3.17. The average Bonchev–Trinajstić information content (AvgIpc) is 2.97. The first kappa shape index (κ1) is 13.4. The summed E-state index contributed by atoms with van der Waals surface area (Å²) in [4.78, 5) is 0.905. The molecule has 3 rings (SSSR count). The summed E-state index contributed by atoms with van der Waals surface area (Å²) >= 11 is 1.52. The Kier molecular flexibility index (Phi) is 3.49. The van der Waals surface area contributed by atoms with Gasteiger partial charge in [0.05, 0.1) is 16.8 Å². The van der Waals surface area contributed by atoms with Crippen molar-refractivity contribution in [1.29, 1.82) is 0 Å². The van der Waals surface area contributed by atoms with Crippen LogP contribution in [-0.2, 0) is 0 Å². The second-order valence-corrected chi connectivity index (χ2v) is 5.18. The van der Waals surface area contributed by atoms with E-state index < -0.39 is 0 Å². The number of para-hydroxylation sites is 1. The van der Waals surface area contributed by atoms with Crippen LogP contribution in [-0.4, -0.2) is 32.3 Å². The number of fused-ring (bicyclic) bond motifs is 1. The Bertz CT molecular complexity index is 827. The number of nitrogens with two attached hydrogens (primary N) is 1. The van der Waals surface area contributed by atoms with Crippen LogP contribution in [0.4, 0.5) is 0 Å². The monoisotopic (exact) mass is 299 g/mol. The van der Waals surface area contributed by atoms with E-state index in [1.54, 1.807) is 4.68 Å². The molecule has 0 aliphatic rings. The zero-order valence-electron chi connectivity index (χ0n) is 11.3. The molecule has 0 unspecified atom stereocenters. The molecule has 3 aromatic rings. The molecule has 0 saturated heterocycles. The van der Waals surface area contributed by atoms with Crippen molar-refractivity contribution in [2.24, 2.45) is 10.9 Å². The molecule has 0 amide bonds. The van der Waals surface area contributed by atoms with Gasteiger partial charge in [0.2, 0.25) is 0 Å². The number of aromatic nitrogens is 3. The van der Waals surface area contributed by atoms with Gasteiger partial charge in [-0.25, -0.2) is 4.68 Å². The third kappa shape index (κ3) is 2.21. The highest BCUT2D eigenvalue weighted by Gasteiger charge is 2.16. The van der Waals surface area contributed by atoms with Crippen LogP contribution in [0.1, 0.15) is 5.56 Å². The molecule has 0 atom stereocenters. The van der Waals surface area contributed by atoms with Crippen LogP contribution in [0.2, 0.25) is 0 Å². The van der Waals surface area contributed by atoms with Crippen molar-refractivity contribution in [3.8, 4) is 5.69 Å². The molecule has 21 heavy (non-hydrogen) atoms. The van der Waals surface area contributed by atoms with E-state index in [1.807, 2.05) is 48.7 Å². The fourth-order valence-corrected chi connectivity index (χ4v) is 2.85. The van der Waals surface area contributed by atoms with E-state index in [0.717, 1.165) is 21.6 Å². The number of oxime groups is 1. The zero-order chi connectivity index (χ0) is 14.8. The second-order valence-electron chi connectivity index (χ2n) is 4.33. The molecule has 0 radical (unpaired) electrons. The molecular weight excluding hydrogens is 286 g/mol. The maximum Gasteiger partial charge on any atom is 0.173 e. The maximum atomic E-state index is 9.05. The van der Waals surface area contributed by atoms with Gasteiger partial charge < -0.3 is 10.9 Å². The lowest BCUT2D eigenvalue weighted by atomic mass is 10.1. The molecule has 2 aromatic carbocycles. The van der Waals surface area contributed by atoms with Gasteiger partial charge in [-0.15, -0.1) is 16.9 Å². The summed E-state index contributed by atoms with van der Waals surface area (Å²) in [7, 11) is 0. The van der Waals surface area contributed by atoms with Gasteiger partial charge in [0.25, 0.3) is 0 Å². The molecule has 1 aromatic heterocycles. The molecule has 0 spiro atoms. The van der Waals surface area contributed by atoms with Crippen molar-refractivity contribution in [2.45, 2.75) is 4.90 Å². The summed E-state index contributed by atoms with van der Waals surface area (Å²) in [5.74, 6) is 0.0505. The van der Waals surface area contributed by atoms with Gasteiger partial charge in [-0.05, 0) is 30.5 Å². The number of thioether (sulfide) groups is 1. The van der Waals surface area contributed by atoms with Crippen LogP contribution in [0.25, 0.3) is 16.7 Å². The lowest BCUT2D eigenvalue weighted by molar-refractivity contribution is 0.318. The molecule has 0 saturated carbocycles. The number of amidine groups is 1. The Labute approximate surface area is 125 Å². The van der Waals surface area contributed by atoms with E-state index in [-0.39, 0.29) is 5.84 Å². The molecular formula is C14H13N5OS. The van der Waals surface area contributed by atoms with Gasteiger partial charge in [-0.3, -0.25) is 0 Å². The van der Waals surface area contributed by atoms with Gasteiger partial charge >= 0.3 is 0 Å². The Balaban J connectivity index is 2.32. The summed E-state index contributed by atoms with van der Waals surface area (Å²) < 4.78 is 1.70. The minimum Gasteiger partial charge on any atom is -0.409 e. The minimum absolute atomic E-state index is 0.0505. The molecule has 7 heteroatoms. The second kappa shape index (κ2) is 5.45. The Morgan fingerprint density at radius 1 is 1.24 bits per heavy atom. The summed E-state index contributed by atoms with van der Waals surface area (Å²) in [5, 5.41) is 20.5. The SMILES string of the molecule is CSc1cccc(-n2nnc3ccccc32)c1/C(N)=N/O. The standard InChI is InChI=1S/C14H13N5OS/c1-21-12-8-4-7-11(13(12)14(15)17-20)19-10-6-3-2-5-9(10)16-18-19/h2-8,20H,1H3,(H2,15,17). The lowest BCUT2D eigenvalue weighted by Gasteiger charge is -2.12. The lowest BCUT2D eigenvalue weighted by Crippen LogP contribution is -2.18. The van der Waals surface area contributed by atoms with Gasteiger partial charge in [0.1, 0.15) is 5.52 Å². The van der Waals surface area contributed by atoms with E-state index in [2.05, 4.69) is 15.5 Å². The van der Waals surface area contributed by atoms with E-state index in [9.17, 15) is 0 Å². The van der Waals surface area contributed by atoms with E-state index in [1.165, 1.54) is 11.8 Å². The Hall–Kier alpha value is -2.54. The van der Waals surface area contributed by atoms with Crippen molar-refractivity contribution in [3.05, 3.63) is 48.0 Å². The topological polar surface area (TPSA) is 89.3 Å². The van der Waals surface area contributed by atoms with E-state index >= 15 is 0 Å². The van der Waals surface area contributed by atoms with Gasteiger partial charge in [0.15, 0.2) is 5.84 Å². The molecule has 0 aliphatic heterocycles. The Morgan fingerprint density at radius 3 is 2.81 bits per heavy atom. The first-order valence-corrected chi connectivity index (χ1v) is 7.44. The van der Waals surface area contributed by atoms with E-state index in [4.69, 9.17) is 10.9 Å². The van der Waals surface area contributed by atoms with Crippen LogP contribution in [0.5, 0.6) is 0 Å². The van der Waals surface area contributed by atoms with Gasteiger partial charge in [-0.1, -0.05) is 28.6 Å². The molecule has 1 heterocycles. The quantitative estimate of drug-likeness (QED) is 0.254. The normalized spacial score (nSPS) is 12.0. The van der Waals surface area contributed by atoms with Crippen LogP contribution >= 0.6 is 11.8 Å². The smallest absolute Gasteiger partial charge is 0.173 e. The number of hydrogen-bond donors (Lipinski definition) is 2. The molecule has 106 valence electrons. The van der Waals surface area contributed by atoms with Crippen LogP contribution < -0.4 is 5.73 Å². The predicted molar refractivity (Wildman–Crippen MR) is 83.2 cm³/mol. The summed E-state index contributed by atoms with van der Waals surface area (Å²) in [6, 6.07) is 13.3. The van der Waals surface area contributed by atoms with Crippen molar-refractivity contribution >= 4 is 28.6 Å². The van der Waals surface area contributed by atoms with Crippen molar-refractivity contribution in [1.82, 2.24) is 15.0 Å². The van der Waals surface area contributed by atoms with Crippen LogP contribution in [0.15, 0.2) is 52.5 Å². The maximum absolute atomic E-state index is 9.05. The number of nitrogens with zero attached hydrogens (tertiary/aromatic N) is 4. The largest absolute Gasteiger partial charge is 0.409 e. The van der Waals surface area contributed by atoms with Crippen molar-refractivity contribution < 1.29 is 5.21 Å². The molecule has 3 N–H and O–H groups in total. The molecule has 0 fully saturated rings. The fraction of sp³-hybridized carbons (Fsp3) is 0.0714. The van der Waals surface area contributed by atoms with Crippen LogP contribution in [0.3, 0.4) is 0 Å². The first-order valence-electron chi connectivity index (χ1n) is 6.22. The summed E-state index contributed by atoms with van der Waals surface area (Å²) in [6.45, 7) is 0. The first-order chi connectivity index (χ1) is 10.3. The highest BCUT2D eigenvalue weighted by Crippen LogP contribution is 2.27. The highest BCUT2D eigenvalue weighted by atomic mass is 32.2. The molecule has 0 aliphatic carbocycles. The van der Waals surface area contributed by atoms with Crippen molar-refractivity contribution in [2.75, 3.05) is 6.26 Å². The summed E-state index contributed by atoms with van der Waals surface area (Å²) in [5.41, 5.74) is 8.87. The van der Waals surface area contributed by atoms with Gasteiger partial charge in [0, 0.05) is 4.90 Å². The zero-order valence-corrected chi connectivity index (χ0v) is 12.1. The highest BCUT2D eigenvalue weighted by molar-refractivity contribution is 7.98. The van der Waals surface area contributed by atoms with Crippen molar-refractivity contribution in [3.63, 3.8) is 0 Å². The van der Waals surface area contributed by atoms with Gasteiger partial charge in [-0.2, -0.15) is 0 Å². The Morgan fingerprint density at radius 2 is 2.05 bits per heavy atom. The summed E-state index contributed by atoms with van der Waals surface area (Å²) in [6.07, 6.45) is 1.94. The number of hydrogen-bond acceptors (Lipinski definition) is 5. The average molecular weight is 299 g/mol. The fourth-order valence-electron chi connectivity index (χ4n) is 2.22. The predicted octanol–water partition coefficient (Wildman–Crippen LogP) is 2.24.